The van der Waals surface area contributed by atoms with Crippen LogP contribution in [0.1, 0.15) is 39.3 Å². The molecule has 1 aromatic heterocycles. The van der Waals surface area contributed by atoms with Crippen molar-refractivity contribution >= 4 is 17.8 Å². The second-order valence-electron chi connectivity index (χ2n) is 3.60. The van der Waals surface area contributed by atoms with E-state index in [1.54, 1.807) is 0 Å². The van der Waals surface area contributed by atoms with Crippen LogP contribution in [0.2, 0.25) is 0 Å². The molecule has 0 aromatic carbocycles. The SMILES string of the molecule is O=C(O)c1cn(C(=O)O)c2c1C(=O)CCC2. The monoisotopic (exact) mass is 223 g/mol. The minimum Gasteiger partial charge on any atom is -0.478 e. The molecule has 84 valence electrons. The molecule has 0 saturated heterocycles. The standard InChI is InChI=1S/C10H9NO5/c12-7-3-1-2-6-8(7)5(9(13)14)4-11(6)10(15)16/h4H,1-3H2,(H,13,14)(H,15,16). The molecule has 6 nitrogen and oxygen atoms in total. The molecule has 2 rings (SSSR count). The number of hydrogen-bond donors (Lipinski definition) is 2. The average molecular weight is 223 g/mol. The number of nitrogens with zero attached hydrogens (tertiary/aromatic N) is 1. The molecule has 0 unspecified atom stereocenters. The highest BCUT2D eigenvalue weighted by Crippen LogP contribution is 2.26. The Hall–Kier alpha value is -2.11. The van der Waals surface area contributed by atoms with E-state index in [1.165, 1.54) is 0 Å². The summed E-state index contributed by atoms with van der Waals surface area (Å²) < 4.78 is 0.829. The summed E-state index contributed by atoms with van der Waals surface area (Å²) in [6.45, 7) is 0. The van der Waals surface area contributed by atoms with E-state index in [2.05, 4.69) is 0 Å². The van der Waals surface area contributed by atoms with Gasteiger partial charge in [-0.25, -0.2) is 9.59 Å². The predicted molar refractivity (Wildman–Crippen MR) is 52.1 cm³/mol. The van der Waals surface area contributed by atoms with E-state index in [1.807, 2.05) is 0 Å². The summed E-state index contributed by atoms with van der Waals surface area (Å²) in [5, 5.41) is 17.8. The molecule has 1 aliphatic rings. The Morgan fingerprint density at radius 2 is 1.94 bits per heavy atom. The van der Waals surface area contributed by atoms with Gasteiger partial charge in [-0.1, -0.05) is 0 Å². The zero-order valence-corrected chi connectivity index (χ0v) is 8.27. The average Bonchev–Trinajstić information content (AvgIpc) is 2.58. The van der Waals surface area contributed by atoms with E-state index in [4.69, 9.17) is 10.2 Å². The van der Waals surface area contributed by atoms with E-state index in [0.29, 0.717) is 18.5 Å². The lowest BCUT2D eigenvalue weighted by atomic mass is 9.94. The fourth-order valence-corrected chi connectivity index (χ4v) is 1.98. The highest BCUT2D eigenvalue weighted by atomic mass is 16.4. The van der Waals surface area contributed by atoms with Gasteiger partial charge in [0.25, 0.3) is 0 Å². The van der Waals surface area contributed by atoms with Crippen molar-refractivity contribution in [1.82, 2.24) is 4.57 Å². The van der Waals surface area contributed by atoms with Crippen LogP contribution in [0.15, 0.2) is 6.20 Å². The van der Waals surface area contributed by atoms with Gasteiger partial charge in [0.15, 0.2) is 5.78 Å². The lowest BCUT2D eigenvalue weighted by molar-refractivity contribution is 0.0691. The van der Waals surface area contributed by atoms with Crippen molar-refractivity contribution in [2.45, 2.75) is 19.3 Å². The Morgan fingerprint density at radius 1 is 1.25 bits per heavy atom. The van der Waals surface area contributed by atoms with Crippen LogP contribution in [-0.2, 0) is 6.42 Å². The lowest BCUT2D eigenvalue weighted by Gasteiger charge is -2.12. The largest absolute Gasteiger partial charge is 0.478 e. The van der Waals surface area contributed by atoms with E-state index < -0.39 is 12.1 Å². The number of carbonyl (C=O) groups excluding carboxylic acids is 1. The zero-order chi connectivity index (χ0) is 11.9. The smallest absolute Gasteiger partial charge is 0.415 e. The Morgan fingerprint density at radius 3 is 2.50 bits per heavy atom. The maximum Gasteiger partial charge on any atom is 0.415 e. The van der Waals surface area contributed by atoms with Crippen molar-refractivity contribution in [2.75, 3.05) is 0 Å². The summed E-state index contributed by atoms with van der Waals surface area (Å²) in [7, 11) is 0. The molecule has 0 aliphatic heterocycles. The Balaban J connectivity index is 2.69. The first kappa shape index (κ1) is 10.4. The molecule has 0 bridgehead atoms. The van der Waals surface area contributed by atoms with Crippen molar-refractivity contribution in [3.8, 4) is 0 Å². The van der Waals surface area contributed by atoms with Crippen molar-refractivity contribution < 1.29 is 24.6 Å². The van der Waals surface area contributed by atoms with Crippen molar-refractivity contribution in [1.29, 1.82) is 0 Å². The number of carbonyl (C=O) groups is 3. The van der Waals surface area contributed by atoms with E-state index >= 15 is 0 Å². The van der Waals surface area contributed by atoms with Crippen molar-refractivity contribution in [3.05, 3.63) is 23.0 Å². The molecule has 0 amide bonds. The molecule has 6 heteroatoms. The van der Waals surface area contributed by atoms with Crippen LogP contribution in [0, 0.1) is 0 Å². The van der Waals surface area contributed by atoms with Gasteiger partial charge in [-0.2, -0.15) is 0 Å². The minimum absolute atomic E-state index is 0.0566. The molecule has 1 heterocycles. The van der Waals surface area contributed by atoms with Gasteiger partial charge in [-0.05, 0) is 12.8 Å². The van der Waals surface area contributed by atoms with Gasteiger partial charge < -0.3 is 10.2 Å². The number of carboxylic acid groups (broad SMARTS) is 2. The zero-order valence-electron chi connectivity index (χ0n) is 8.27. The quantitative estimate of drug-likeness (QED) is 0.746. The van der Waals surface area contributed by atoms with Crippen LogP contribution in [0.5, 0.6) is 0 Å². The third-order valence-corrected chi connectivity index (χ3v) is 2.64. The Bertz CT molecular complexity index is 500. The lowest BCUT2D eigenvalue weighted by Crippen LogP contribution is -2.17. The molecule has 0 atom stereocenters. The molecule has 1 aromatic rings. The number of aromatic nitrogens is 1. The van der Waals surface area contributed by atoms with E-state index in [0.717, 1.165) is 10.8 Å². The van der Waals surface area contributed by atoms with E-state index in [-0.39, 0.29) is 23.3 Å². The van der Waals surface area contributed by atoms with Crippen LogP contribution >= 0.6 is 0 Å². The normalized spacial score (nSPS) is 14.6. The molecule has 16 heavy (non-hydrogen) atoms. The summed E-state index contributed by atoms with van der Waals surface area (Å²) in [6, 6.07) is 0. The van der Waals surface area contributed by atoms with Crippen LogP contribution in [0.25, 0.3) is 0 Å². The van der Waals surface area contributed by atoms with Crippen LogP contribution in [-0.4, -0.2) is 32.6 Å². The number of Topliss-reactive ketones (excluding diaryl/α,β-unsaturated/α-hetero) is 1. The van der Waals surface area contributed by atoms with Crippen molar-refractivity contribution in [3.63, 3.8) is 0 Å². The molecule has 0 radical (unpaired) electrons. The molecular weight excluding hydrogens is 214 g/mol. The number of aromatic carboxylic acids is 1. The highest BCUT2D eigenvalue weighted by Gasteiger charge is 2.29. The van der Waals surface area contributed by atoms with Crippen molar-refractivity contribution in [2.24, 2.45) is 0 Å². The summed E-state index contributed by atoms with van der Waals surface area (Å²) in [5.74, 6) is -1.56. The second kappa shape index (κ2) is 3.48. The Labute approximate surface area is 90.1 Å². The topological polar surface area (TPSA) is 96.6 Å². The first-order valence-electron chi connectivity index (χ1n) is 4.76. The molecule has 2 N–H and O–H groups in total. The maximum absolute atomic E-state index is 11.6. The second-order valence-corrected chi connectivity index (χ2v) is 3.60. The third-order valence-electron chi connectivity index (χ3n) is 2.64. The third kappa shape index (κ3) is 1.39. The summed E-state index contributed by atoms with van der Waals surface area (Å²) >= 11 is 0. The Kier molecular flexibility index (Phi) is 2.26. The van der Waals surface area contributed by atoms with Gasteiger partial charge in [-0.15, -0.1) is 0 Å². The molecular formula is C10H9NO5. The number of carboxylic acids is 1. The van der Waals surface area contributed by atoms with Gasteiger partial charge in [0, 0.05) is 18.3 Å². The number of fused-ring (bicyclic) bond motifs is 1. The first-order valence-corrected chi connectivity index (χ1v) is 4.76. The fourth-order valence-electron chi connectivity index (χ4n) is 1.98. The number of rotatable bonds is 1. The molecule has 0 saturated carbocycles. The first-order chi connectivity index (χ1) is 7.52. The summed E-state index contributed by atoms with van der Waals surface area (Å²) in [4.78, 5) is 33.3. The fraction of sp³-hybridized carbons (Fsp3) is 0.300. The molecule has 0 spiro atoms. The van der Waals surface area contributed by atoms with Crippen LogP contribution in [0.3, 0.4) is 0 Å². The minimum atomic E-state index is -1.27. The van der Waals surface area contributed by atoms with E-state index in [9.17, 15) is 14.4 Å². The number of hydrogen-bond acceptors (Lipinski definition) is 3. The van der Waals surface area contributed by atoms with Gasteiger partial charge >= 0.3 is 12.1 Å². The van der Waals surface area contributed by atoms with Gasteiger partial charge in [0.1, 0.15) is 0 Å². The highest BCUT2D eigenvalue weighted by molar-refractivity contribution is 6.08. The van der Waals surface area contributed by atoms with Gasteiger partial charge in [0.05, 0.1) is 11.1 Å². The predicted octanol–water partition coefficient (Wildman–Crippen LogP) is 1.23. The van der Waals surface area contributed by atoms with Crippen LogP contribution in [0.4, 0.5) is 4.79 Å². The van der Waals surface area contributed by atoms with Gasteiger partial charge in [-0.3, -0.25) is 9.36 Å². The van der Waals surface area contributed by atoms with Crippen LogP contribution < -0.4 is 0 Å². The molecule has 1 aliphatic carbocycles. The maximum atomic E-state index is 11.6. The molecule has 0 fully saturated rings. The van der Waals surface area contributed by atoms with Gasteiger partial charge in [0.2, 0.25) is 0 Å². The summed E-state index contributed by atoms with van der Waals surface area (Å²) in [5.41, 5.74) is 0.129. The summed E-state index contributed by atoms with van der Waals surface area (Å²) in [6.07, 6.45) is 0.983. The number of ketones is 1.